The van der Waals surface area contributed by atoms with Gasteiger partial charge in [-0.1, -0.05) is 18.2 Å². The van der Waals surface area contributed by atoms with Gasteiger partial charge < -0.3 is 14.7 Å². The van der Waals surface area contributed by atoms with Gasteiger partial charge in [-0.05, 0) is 63.7 Å². The molecule has 0 bridgehead atoms. The molecule has 0 amide bonds. The number of aromatic nitrogens is 2. The second kappa shape index (κ2) is 8.59. The zero-order valence-electron chi connectivity index (χ0n) is 17.1. The standard InChI is InChI=1S/C23H29N3O2/c1-23(2,27)14-15-25(3)16-19-17-26(4)24-22(19)18-10-12-21(13-11-18)28-20-8-6-5-7-9-20/h5-13,17,27H,14-16H2,1-4H3. The van der Waals surface area contributed by atoms with Crippen molar-refractivity contribution in [2.75, 3.05) is 13.6 Å². The van der Waals surface area contributed by atoms with Crippen LogP contribution in [0.4, 0.5) is 0 Å². The van der Waals surface area contributed by atoms with Crippen molar-refractivity contribution in [1.29, 1.82) is 0 Å². The van der Waals surface area contributed by atoms with E-state index in [9.17, 15) is 5.11 Å². The molecule has 0 spiro atoms. The van der Waals surface area contributed by atoms with Crippen LogP contribution in [-0.2, 0) is 13.6 Å². The average molecular weight is 380 g/mol. The Morgan fingerprint density at radius 2 is 1.68 bits per heavy atom. The van der Waals surface area contributed by atoms with Crippen LogP contribution in [0.2, 0.25) is 0 Å². The fraction of sp³-hybridized carbons (Fsp3) is 0.348. The third kappa shape index (κ3) is 5.68. The first-order valence-corrected chi connectivity index (χ1v) is 9.57. The quantitative estimate of drug-likeness (QED) is 0.627. The van der Waals surface area contributed by atoms with E-state index in [0.29, 0.717) is 0 Å². The Bertz CT molecular complexity index is 880. The minimum atomic E-state index is -0.652. The summed E-state index contributed by atoms with van der Waals surface area (Å²) in [6, 6.07) is 17.8. The van der Waals surface area contributed by atoms with Crippen LogP contribution in [0.15, 0.2) is 60.8 Å². The van der Waals surface area contributed by atoms with Crippen molar-refractivity contribution in [2.45, 2.75) is 32.4 Å². The van der Waals surface area contributed by atoms with Crippen molar-refractivity contribution in [3.63, 3.8) is 0 Å². The summed E-state index contributed by atoms with van der Waals surface area (Å²) in [7, 11) is 4.01. The van der Waals surface area contributed by atoms with Crippen LogP contribution in [0.5, 0.6) is 11.5 Å². The van der Waals surface area contributed by atoms with Gasteiger partial charge in [-0.2, -0.15) is 5.10 Å². The smallest absolute Gasteiger partial charge is 0.127 e. The molecule has 5 heteroatoms. The zero-order chi connectivity index (χ0) is 20.1. The van der Waals surface area contributed by atoms with Gasteiger partial charge in [-0.15, -0.1) is 0 Å². The molecule has 28 heavy (non-hydrogen) atoms. The third-order valence-corrected chi connectivity index (χ3v) is 4.56. The lowest BCUT2D eigenvalue weighted by Crippen LogP contribution is -2.28. The fourth-order valence-corrected chi connectivity index (χ4v) is 3.04. The van der Waals surface area contributed by atoms with Crippen LogP contribution in [0, 0.1) is 0 Å². The van der Waals surface area contributed by atoms with Crippen LogP contribution >= 0.6 is 0 Å². The molecule has 1 aromatic heterocycles. The molecule has 0 aliphatic rings. The molecule has 0 fully saturated rings. The topological polar surface area (TPSA) is 50.5 Å². The molecule has 0 unspecified atom stereocenters. The molecule has 148 valence electrons. The Kier molecular flexibility index (Phi) is 6.17. The highest BCUT2D eigenvalue weighted by Crippen LogP contribution is 2.27. The normalized spacial score (nSPS) is 11.8. The van der Waals surface area contributed by atoms with E-state index in [0.717, 1.165) is 47.8 Å². The molecule has 0 radical (unpaired) electrons. The highest BCUT2D eigenvalue weighted by molar-refractivity contribution is 5.63. The number of rotatable bonds is 8. The molecule has 0 saturated heterocycles. The minimum Gasteiger partial charge on any atom is -0.457 e. The maximum atomic E-state index is 9.95. The Labute approximate surface area is 167 Å². The number of aliphatic hydroxyl groups is 1. The van der Waals surface area contributed by atoms with Crippen molar-refractivity contribution in [1.82, 2.24) is 14.7 Å². The molecular formula is C23H29N3O2. The van der Waals surface area contributed by atoms with Gasteiger partial charge in [-0.25, -0.2) is 0 Å². The number of hydrogen-bond acceptors (Lipinski definition) is 4. The summed E-state index contributed by atoms with van der Waals surface area (Å²) in [6.07, 6.45) is 2.79. The van der Waals surface area contributed by atoms with Crippen LogP contribution in [-0.4, -0.2) is 39.0 Å². The van der Waals surface area contributed by atoms with Crippen molar-refractivity contribution in [3.8, 4) is 22.8 Å². The summed E-state index contributed by atoms with van der Waals surface area (Å²) >= 11 is 0. The average Bonchev–Trinajstić information content (AvgIpc) is 3.01. The SMILES string of the molecule is CN(CCC(C)(C)O)Cc1cn(C)nc1-c1ccc(Oc2ccccc2)cc1. The van der Waals surface area contributed by atoms with Gasteiger partial charge in [0, 0.05) is 37.5 Å². The third-order valence-electron chi connectivity index (χ3n) is 4.56. The molecule has 0 aliphatic heterocycles. The highest BCUT2D eigenvalue weighted by atomic mass is 16.5. The van der Waals surface area contributed by atoms with Crippen molar-refractivity contribution < 1.29 is 9.84 Å². The van der Waals surface area contributed by atoms with E-state index in [1.165, 1.54) is 0 Å². The van der Waals surface area contributed by atoms with E-state index in [-0.39, 0.29) is 0 Å². The molecule has 1 heterocycles. The number of hydrogen-bond donors (Lipinski definition) is 1. The number of benzene rings is 2. The van der Waals surface area contributed by atoms with Crippen molar-refractivity contribution in [3.05, 3.63) is 66.4 Å². The van der Waals surface area contributed by atoms with Crippen LogP contribution in [0.1, 0.15) is 25.8 Å². The van der Waals surface area contributed by atoms with Gasteiger partial charge in [0.2, 0.25) is 0 Å². The molecule has 5 nitrogen and oxygen atoms in total. The lowest BCUT2D eigenvalue weighted by atomic mass is 10.0. The summed E-state index contributed by atoms with van der Waals surface area (Å²) in [6.45, 7) is 5.29. The summed E-state index contributed by atoms with van der Waals surface area (Å²) in [4.78, 5) is 2.21. The molecular weight excluding hydrogens is 350 g/mol. The second-order valence-electron chi connectivity index (χ2n) is 7.92. The Balaban J connectivity index is 1.71. The van der Waals surface area contributed by atoms with E-state index in [4.69, 9.17) is 4.74 Å². The van der Waals surface area contributed by atoms with Crippen LogP contribution in [0.25, 0.3) is 11.3 Å². The molecule has 0 aliphatic carbocycles. The lowest BCUT2D eigenvalue weighted by molar-refractivity contribution is 0.0600. The lowest BCUT2D eigenvalue weighted by Gasteiger charge is -2.22. The molecule has 0 saturated carbocycles. The summed E-state index contributed by atoms with van der Waals surface area (Å²) in [5, 5.41) is 14.6. The van der Waals surface area contributed by atoms with Gasteiger partial charge in [0.25, 0.3) is 0 Å². The minimum absolute atomic E-state index is 0.652. The van der Waals surface area contributed by atoms with E-state index in [1.807, 2.05) is 80.2 Å². The van der Waals surface area contributed by atoms with Gasteiger partial charge in [0.15, 0.2) is 0 Å². The zero-order valence-corrected chi connectivity index (χ0v) is 17.1. The number of aryl methyl sites for hydroxylation is 1. The Morgan fingerprint density at radius 3 is 2.32 bits per heavy atom. The van der Waals surface area contributed by atoms with E-state index < -0.39 is 5.60 Å². The van der Waals surface area contributed by atoms with Crippen molar-refractivity contribution >= 4 is 0 Å². The number of ether oxygens (including phenoxy) is 1. The summed E-state index contributed by atoms with van der Waals surface area (Å²) in [5.41, 5.74) is 2.55. The second-order valence-corrected chi connectivity index (χ2v) is 7.92. The largest absolute Gasteiger partial charge is 0.457 e. The molecule has 3 aromatic rings. The predicted molar refractivity (Wildman–Crippen MR) is 112 cm³/mol. The molecule has 2 aromatic carbocycles. The van der Waals surface area contributed by atoms with Gasteiger partial charge >= 0.3 is 0 Å². The monoisotopic (exact) mass is 379 g/mol. The first kappa shape index (κ1) is 20.1. The first-order valence-electron chi connectivity index (χ1n) is 9.57. The van der Waals surface area contributed by atoms with E-state index >= 15 is 0 Å². The van der Waals surface area contributed by atoms with Crippen molar-refractivity contribution in [2.24, 2.45) is 7.05 Å². The summed E-state index contributed by atoms with van der Waals surface area (Å²) in [5.74, 6) is 1.62. The Hall–Kier alpha value is -2.63. The van der Waals surface area contributed by atoms with Gasteiger partial charge in [0.05, 0.1) is 11.3 Å². The maximum Gasteiger partial charge on any atom is 0.127 e. The summed E-state index contributed by atoms with van der Waals surface area (Å²) < 4.78 is 7.73. The van der Waals surface area contributed by atoms with E-state index in [1.54, 1.807) is 0 Å². The van der Waals surface area contributed by atoms with Gasteiger partial charge in [0.1, 0.15) is 11.5 Å². The first-order chi connectivity index (χ1) is 13.3. The Morgan fingerprint density at radius 1 is 1.04 bits per heavy atom. The highest BCUT2D eigenvalue weighted by Gasteiger charge is 2.16. The number of para-hydroxylation sites is 1. The maximum absolute atomic E-state index is 9.95. The number of nitrogens with zero attached hydrogens (tertiary/aromatic N) is 3. The van der Waals surface area contributed by atoms with Crippen LogP contribution < -0.4 is 4.74 Å². The fourth-order valence-electron chi connectivity index (χ4n) is 3.04. The van der Waals surface area contributed by atoms with Gasteiger partial charge in [-0.3, -0.25) is 4.68 Å². The predicted octanol–water partition coefficient (Wildman–Crippen LogP) is 4.47. The molecule has 1 N–H and O–H groups in total. The van der Waals surface area contributed by atoms with E-state index in [2.05, 4.69) is 23.2 Å². The molecule has 0 atom stereocenters. The molecule has 3 rings (SSSR count). The van der Waals surface area contributed by atoms with Crippen LogP contribution in [0.3, 0.4) is 0 Å².